The molecule has 3 rings (SSSR count). The Hall–Kier alpha value is -3.58. The number of benzene rings is 2. The van der Waals surface area contributed by atoms with Crippen molar-refractivity contribution in [1.82, 2.24) is 4.98 Å². The lowest BCUT2D eigenvalue weighted by Crippen LogP contribution is -2.19. The van der Waals surface area contributed by atoms with Crippen molar-refractivity contribution in [2.24, 2.45) is 5.73 Å². The van der Waals surface area contributed by atoms with Crippen molar-refractivity contribution in [3.05, 3.63) is 84.1 Å². The van der Waals surface area contributed by atoms with Crippen molar-refractivity contribution >= 4 is 40.7 Å². The van der Waals surface area contributed by atoms with Gasteiger partial charge in [0.2, 0.25) is 0 Å². The molecule has 7 nitrogen and oxygen atoms in total. The number of hydrogen-bond donors (Lipinski definition) is 4. The smallest absolute Gasteiger partial charge is 0.323 e. The van der Waals surface area contributed by atoms with Gasteiger partial charge in [0, 0.05) is 23.3 Å². The standard InChI is InChI=1S/C12H10ClN3O.C7H8N2O/c13-11-8-10(6-7-14-11)16-12(17)15-9-4-2-1-3-5-9;8-7(10)9-6-4-2-1-3-5-6/h1-8H,(H2,14,15,16,17);1-5H,(H3,8,9,10). The molecule has 0 aliphatic carbocycles. The molecule has 0 fully saturated rings. The lowest BCUT2D eigenvalue weighted by Gasteiger charge is -2.07. The van der Waals surface area contributed by atoms with Crippen LogP contribution in [0.1, 0.15) is 0 Å². The highest BCUT2D eigenvalue weighted by molar-refractivity contribution is 6.29. The van der Waals surface area contributed by atoms with Crippen LogP contribution in [0.4, 0.5) is 26.7 Å². The van der Waals surface area contributed by atoms with Crippen LogP contribution >= 0.6 is 11.6 Å². The molecule has 5 N–H and O–H groups in total. The highest BCUT2D eigenvalue weighted by Gasteiger charge is 2.02. The van der Waals surface area contributed by atoms with Crippen molar-refractivity contribution < 1.29 is 9.59 Å². The number of urea groups is 2. The van der Waals surface area contributed by atoms with Crippen LogP contribution < -0.4 is 21.7 Å². The fourth-order valence-corrected chi connectivity index (χ4v) is 2.13. The second kappa shape index (κ2) is 10.4. The maximum Gasteiger partial charge on any atom is 0.323 e. The lowest BCUT2D eigenvalue weighted by atomic mass is 10.3. The summed E-state index contributed by atoms with van der Waals surface area (Å²) in [5.41, 5.74) is 6.91. The zero-order valence-electron chi connectivity index (χ0n) is 14.2. The molecular formula is C19H18ClN5O2. The topological polar surface area (TPSA) is 109 Å². The average Bonchev–Trinajstić information content (AvgIpc) is 2.63. The number of primary amides is 1. The van der Waals surface area contributed by atoms with Crippen LogP contribution in [0, 0.1) is 0 Å². The second-order valence-corrected chi connectivity index (χ2v) is 5.55. The average molecular weight is 384 g/mol. The number of aromatic nitrogens is 1. The Balaban J connectivity index is 0.000000223. The van der Waals surface area contributed by atoms with Crippen LogP contribution in [0.15, 0.2) is 79.0 Å². The van der Waals surface area contributed by atoms with Crippen LogP contribution in [-0.4, -0.2) is 17.0 Å². The third-order valence-corrected chi connectivity index (χ3v) is 3.26. The summed E-state index contributed by atoms with van der Waals surface area (Å²) in [5, 5.41) is 8.13. The van der Waals surface area contributed by atoms with Crippen molar-refractivity contribution in [2.75, 3.05) is 16.0 Å². The second-order valence-electron chi connectivity index (χ2n) is 5.17. The molecule has 8 heteroatoms. The van der Waals surface area contributed by atoms with Gasteiger partial charge in [0.05, 0.1) is 0 Å². The number of pyridine rings is 1. The van der Waals surface area contributed by atoms with Gasteiger partial charge in [0.1, 0.15) is 5.15 Å². The van der Waals surface area contributed by atoms with Crippen molar-refractivity contribution in [3.63, 3.8) is 0 Å². The number of para-hydroxylation sites is 2. The number of halogens is 1. The normalized spacial score (nSPS) is 9.37. The molecule has 1 aromatic heterocycles. The molecule has 0 unspecified atom stereocenters. The Kier molecular flexibility index (Phi) is 7.62. The first-order valence-electron chi connectivity index (χ1n) is 7.89. The van der Waals surface area contributed by atoms with E-state index in [9.17, 15) is 9.59 Å². The van der Waals surface area contributed by atoms with E-state index in [0.717, 1.165) is 11.4 Å². The van der Waals surface area contributed by atoms with E-state index in [-0.39, 0.29) is 6.03 Å². The SMILES string of the molecule is NC(=O)Nc1ccccc1.O=C(Nc1ccccc1)Nc1ccnc(Cl)c1. The van der Waals surface area contributed by atoms with Gasteiger partial charge in [0.15, 0.2) is 0 Å². The van der Waals surface area contributed by atoms with Crippen LogP contribution in [-0.2, 0) is 0 Å². The summed E-state index contributed by atoms with van der Waals surface area (Å²) in [7, 11) is 0. The van der Waals surface area contributed by atoms with E-state index >= 15 is 0 Å². The van der Waals surface area contributed by atoms with Crippen molar-refractivity contribution in [3.8, 4) is 0 Å². The van der Waals surface area contributed by atoms with Gasteiger partial charge in [-0.25, -0.2) is 14.6 Å². The Morgan fingerprint density at radius 2 is 1.30 bits per heavy atom. The summed E-state index contributed by atoms with van der Waals surface area (Å²) in [4.78, 5) is 25.7. The van der Waals surface area contributed by atoms with Gasteiger partial charge in [-0.3, -0.25) is 0 Å². The van der Waals surface area contributed by atoms with Gasteiger partial charge >= 0.3 is 12.1 Å². The van der Waals surface area contributed by atoms with Gasteiger partial charge in [-0.1, -0.05) is 48.0 Å². The summed E-state index contributed by atoms with van der Waals surface area (Å²) >= 11 is 5.71. The molecule has 3 aromatic rings. The number of carbonyl (C=O) groups excluding carboxylic acids is 2. The molecule has 0 spiro atoms. The molecule has 0 bridgehead atoms. The van der Waals surface area contributed by atoms with Gasteiger partial charge in [-0.05, 0) is 36.4 Å². The predicted molar refractivity (Wildman–Crippen MR) is 108 cm³/mol. The minimum absolute atomic E-state index is 0.321. The van der Waals surface area contributed by atoms with Gasteiger partial charge < -0.3 is 21.7 Å². The van der Waals surface area contributed by atoms with Gasteiger partial charge in [0.25, 0.3) is 0 Å². The number of nitrogens with one attached hydrogen (secondary N) is 3. The number of anilines is 3. The first-order chi connectivity index (χ1) is 13.0. The molecule has 0 atom stereocenters. The van der Waals surface area contributed by atoms with Crippen LogP contribution in [0.3, 0.4) is 0 Å². The minimum atomic E-state index is -0.536. The van der Waals surface area contributed by atoms with E-state index < -0.39 is 6.03 Å². The largest absolute Gasteiger partial charge is 0.351 e. The van der Waals surface area contributed by atoms with Crippen LogP contribution in [0.5, 0.6) is 0 Å². The molecule has 4 amide bonds. The summed E-state index contributed by atoms with van der Waals surface area (Å²) < 4.78 is 0. The monoisotopic (exact) mass is 383 g/mol. The molecule has 0 saturated carbocycles. The minimum Gasteiger partial charge on any atom is -0.351 e. The third-order valence-electron chi connectivity index (χ3n) is 3.06. The first-order valence-corrected chi connectivity index (χ1v) is 8.27. The molecule has 0 aliphatic rings. The highest BCUT2D eigenvalue weighted by atomic mass is 35.5. The number of hydrogen-bond acceptors (Lipinski definition) is 3. The number of nitrogens with two attached hydrogens (primary N) is 1. The van der Waals surface area contributed by atoms with Crippen LogP contribution in [0.2, 0.25) is 5.15 Å². The summed E-state index contributed by atoms with van der Waals surface area (Å²) in [6.45, 7) is 0. The Bertz CT molecular complexity index is 876. The Morgan fingerprint density at radius 3 is 1.81 bits per heavy atom. The maximum atomic E-state index is 11.6. The zero-order valence-corrected chi connectivity index (χ0v) is 15.0. The molecular weight excluding hydrogens is 366 g/mol. The summed E-state index contributed by atoms with van der Waals surface area (Å²) in [6, 6.07) is 20.6. The maximum absolute atomic E-state index is 11.6. The van der Waals surface area contributed by atoms with E-state index in [2.05, 4.69) is 20.9 Å². The summed E-state index contributed by atoms with van der Waals surface area (Å²) in [6.07, 6.45) is 1.53. The van der Waals surface area contributed by atoms with E-state index in [1.54, 1.807) is 36.4 Å². The van der Waals surface area contributed by atoms with E-state index in [4.69, 9.17) is 17.3 Å². The van der Waals surface area contributed by atoms with E-state index in [1.165, 1.54) is 6.20 Å². The molecule has 0 aliphatic heterocycles. The van der Waals surface area contributed by atoms with Crippen LogP contribution in [0.25, 0.3) is 0 Å². The molecule has 2 aromatic carbocycles. The fourth-order valence-electron chi connectivity index (χ4n) is 1.96. The highest BCUT2D eigenvalue weighted by Crippen LogP contribution is 2.12. The molecule has 0 radical (unpaired) electrons. The molecule has 138 valence electrons. The lowest BCUT2D eigenvalue weighted by molar-refractivity contribution is 0.259. The fraction of sp³-hybridized carbons (Fsp3) is 0. The molecule has 1 heterocycles. The zero-order chi connectivity index (χ0) is 19.5. The number of nitrogens with zero attached hydrogens (tertiary/aromatic N) is 1. The van der Waals surface area contributed by atoms with E-state index in [0.29, 0.717) is 10.8 Å². The number of amides is 4. The van der Waals surface area contributed by atoms with Crippen molar-refractivity contribution in [1.29, 1.82) is 0 Å². The van der Waals surface area contributed by atoms with Gasteiger partial charge in [-0.2, -0.15) is 0 Å². The third kappa shape index (κ3) is 7.89. The first kappa shape index (κ1) is 19.7. The number of carbonyl (C=O) groups is 2. The predicted octanol–water partition coefficient (Wildman–Crippen LogP) is 4.56. The number of rotatable bonds is 3. The van der Waals surface area contributed by atoms with Gasteiger partial charge in [-0.15, -0.1) is 0 Å². The Labute approximate surface area is 161 Å². The summed E-state index contributed by atoms with van der Waals surface area (Å²) in [5.74, 6) is 0. The van der Waals surface area contributed by atoms with Crippen molar-refractivity contribution in [2.45, 2.75) is 0 Å². The van der Waals surface area contributed by atoms with E-state index in [1.807, 2.05) is 36.4 Å². The quantitative estimate of drug-likeness (QED) is 0.498. The molecule has 0 saturated heterocycles. The molecule has 27 heavy (non-hydrogen) atoms. The Morgan fingerprint density at radius 1 is 0.778 bits per heavy atom.